The van der Waals surface area contributed by atoms with Crippen LogP contribution in [0, 0.1) is 0 Å². The van der Waals surface area contributed by atoms with E-state index in [1.807, 2.05) is 0 Å². The third kappa shape index (κ3) is 2.57. The van der Waals surface area contributed by atoms with Gasteiger partial charge in [-0.3, -0.25) is 0 Å². The van der Waals surface area contributed by atoms with Gasteiger partial charge in [0.05, 0.1) is 6.61 Å². The van der Waals surface area contributed by atoms with Crippen molar-refractivity contribution in [2.75, 3.05) is 13.2 Å². The normalized spacial score (nSPS) is 33.5. The van der Waals surface area contributed by atoms with Crippen molar-refractivity contribution in [3.05, 3.63) is 11.7 Å². The maximum atomic E-state index is 5.91. The summed E-state index contributed by atoms with van der Waals surface area (Å²) in [5, 5.41) is 4.14. The van der Waals surface area contributed by atoms with Gasteiger partial charge >= 0.3 is 0 Å². The zero-order valence-corrected chi connectivity index (χ0v) is 10.7. The summed E-state index contributed by atoms with van der Waals surface area (Å²) in [5.41, 5.74) is 5.91. The lowest BCUT2D eigenvalue weighted by Crippen LogP contribution is -2.25. The molecular weight excluding hydrogens is 230 g/mol. The lowest BCUT2D eigenvalue weighted by Gasteiger charge is -2.23. The molecule has 100 valence electrons. The Morgan fingerprint density at radius 2 is 1.89 bits per heavy atom. The molecule has 1 aliphatic carbocycles. The van der Waals surface area contributed by atoms with E-state index < -0.39 is 0 Å². The number of nitrogens with zero attached hydrogens (tertiary/aromatic N) is 2. The van der Waals surface area contributed by atoms with Gasteiger partial charge in [0.15, 0.2) is 5.82 Å². The molecule has 0 spiro atoms. The highest BCUT2D eigenvalue weighted by Crippen LogP contribution is 2.32. The highest BCUT2D eigenvalue weighted by Gasteiger charge is 2.27. The van der Waals surface area contributed by atoms with Crippen LogP contribution in [0.25, 0.3) is 0 Å². The molecule has 1 aromatic rings. The van der Waals surface area contributed by atoms with Crippen LogP contribution in [0.1, 0.15) is 62.1 Å². The first kappa shape index (κ1) is 12.1. The molecule has 0 bridgehead atoms. The summed E-state index contributed by atoms with van der Waals surface area (Å²) in [6.45, 7) is 1.59. The Morgan fingerprint density at radius 3 is 2.61 bits per heavy atom. The van der Waals surface area contributed by atoms with E-state index in [-0.39, 0.29) is 0 Å². The van der Waals surface area contributed by atoms with Crippen molar-refractivity contribution in [3.63, 3.8) is 0 Å². The van der Waals surface area contributed by atoms with Crippen LogP contribution in [0.15, 0.2) is 4.52 Å². The van der Waals surface area contributed by atoms with Crippen molar-refractivity contribution in [2.24, 2.45) is 5.73 Å². The van der Waals surface area contributed by atoms with Gasteiger partial charge < -0.3 is 15.0 Å². The maximum absolute atomic E-state index is 5.91. The van der Waals surface area contributed by atoms with Crippen molar-refractivity contribution in [1.82, 2.24) is 10.1 Å². The Bertz CT molecular complexity index is 379. The zero-order chi connectivity index (χ0) is 12.4. The Morgan fingerprint density at radius 1 is 1.06 bits per heavy atom. The van der Waals surface area contributed by atoms with Crippen LogP contribution in [0.4, 0.5) is 0 Å². The average Bonchev–Trinajstić information content (AvgIpc) is 2.90. The standard InChI is InChI=1S/C13H21N3O2/c14-11-5-3-9(4-6-11)13-15-12(16-18-13)10-2-1-7-17-8-10/h9-11H,1-8,14H2. The summed E-state index contributed by atoms with van der Waals surface area (Å²) in [6.07, 6.45) is 6.47. The molecule has 1 atom stereocenters. The molecule has 2 aliphatic rings. The number of aromatic nitrogens is 2. The predicted octanol–water partition coefficient (Wildman–Crippen LogP) is 1.95. The van der Waals surface area contributed by atoms with Crippen LogP contribution < -0.4 is 5.73 Å². The van der Waals surface area contributed by atoms with Crippen molar-refractivity contribution < 1.29 is 9.26 Å². The molecule has 0 amide bonds. The molecule has 2 heterocycles. The van der Waals surface area contributed by atoms with Gasteiger partial charge in [-0.2, -0.15) is 4.98 Å². The minimum absolute atomic E-state index is 0.321. The molecule has 2 fully saturated rings. The lowest BCUT2D eigenvalue weighted by atomic mass is 9.86. The zero-order valence-electron chi connectivity index (χ0n) is 10.7. The van der Waals surface area contributed by atoms with Crippen LogP contribution in [0.2, 0.25) is 0 Å². The fraction of sp³-hybridized carbons (Fsp3) is 0.846. The van der Waals surface area contributed by atoms with E-state index in [0.717, 1.165) is 63.5 Å². The maximum Gasteiger partial charge on any atom is 0.229 e. The molecule has 5 nitrogen and oxygen atoms in total. The molecule has 18 heavy (non-hydrogen) atoms. The van der Waals surface area contributed by atoms with E-state index in [1.54, 1.807) is 0 Å². The Balaban J connectivity index is 1.65. The van der Waals surface area contributed by atoms with Gasteiger partial charge in [0.1, 0.15) is 0 Å². The molecule has 3 rings (SSSR count). The van der Waals surface area contributed by atoms with E-state index in [4.69, 9.17) is 15.0 Å². The number of hydrogen-bond donors (Lipinski definition) is 1. The van der Waals surface area contributed by atoms with E-state index in [2.05, 4.69) is 10.1 Å². The van der Waals surface area contributed by atoms with Gasteiger partial charge in [-0.15, -0.1) is 0 Å². The third-order valence-electron chi connectivity index (χ3n) is 4.10. The number of rotatable bonds is 2. The summed E-state index contributed by atoms with van der Waals surface area (Å²) in [5.74, 6) is 2.37. The minimum Gasteiger partial charge on any atom is -0.381 e. The van der Waals surface area contributed by atoms with Crippen LogP contribution in [-0.2, 0) is 4.74 Å². The first-order valence-electron chi connectivity index (χ1n) is 7.00. The molecule has 1 aromatic heterocycles. The van der Waals surface area contributed by atoms with Crippen molar-refractivity contribution in [1.29, 1.82) is 0 Å². The second-order valence-corrected chi connectivity index (χ2v) is 5.52. The summed E-state index contributed by atoms with van der Waals surface area (Å²) >= 11 is 0. The van der Waals surface area contributed by atoms with Gasteiger partial charge in [-0.05, 0) is 38.5 Å². The minimum atomic E-state index is 0.321. The summed E-state index contributed by atoms with van der Waals surface area (Å²) < 4.78 is 10.9. The quantitative estimate of drug-likeness (QED) is 0.869. The van der Waals surface area contributed by atoms with Crippen LogP contribution in [0.3, 0.4) is 0 Å². The Hall–Kier alpha value is -0.940. The Kier molecular flexibility index (Phi) is 3.61. The molecule has 1 saturated heterocycles. The SMILES string of the molecule is NC1CCC(c2nc(C3CCCOC3)no2)CC1. The molecular formula is C13H21N3O2. The van der Waals surface area contributed by atoms with Gasteiger partial charge in [-0.25, -0.2) is 0 Å². The fourth-order valence-electron chi connectivity index (χ4n) is 2.89. The number of hydrogen-bond acceptors (Lipinski definition) is 5. The predicted molar refractivity (Wildman–Crippen MR) is 66.3 cm³/mol. The van der Waals surface area contributed by atoms with Crippen molar-refractivity contribution >= 4 is 0 Å². The summed E-state index contributed by atoms with van der Waals surface area (Å²) in [6, 6.07) is 0.357. The summed E-state index contributed by atoms with van der Waals surface area (Å²) in [4.78, 5) is 4.58. The monoisotopic (exact) mass is 251 g/mol. The molecule has 2 N–H and O–H groups in total. The highest BCUT2D eigenvalue weighted by molar-refractivity contribution is 5.01. The topological polar surface area (TPSA) is 74.2 Å². The van der Waals surface area contributed by atoms with Gasteiger partial charge in [0.2, 0.25) is 5.89 Å². The Labute approximate surface area is 107 Å². The second kappa shape index (κ2) is 5.36. The van der Waals surface area contributed by atoms with E-state index in [9.17, 15) is 0 Å². The van der Waals surface area contributed by atoms with Crippen LogP contribution in [0.5, 0.6) is 0 Å². The summed E-state index contributed by atoms with van der Waals surface area (Å²) in [7, 11) is 0. The highest BCUT2D eigenvalue weighted by atomic mass is 16.5. The van der Waals surface area contributed by atoms with Gasteiger partial charge in [-0.1, -0.05) is 5.16 Å². The van der Waals surface area contributed by atoms with Crippen molar-refractivity contribution in [3.8, 4) is 0 Å². The van der Waals surface area contributed by atoms with E-state index in [1.165, 1.54) is 0 Å². The van der Waals surface area contributed by atoms with E-state index >= 15 is 0 Å². The van der Waals surface area contributed by atoms with E-state index in [0.29, 0.717) is 17.9 Å². The molecule has 0 radical (unpaired) electrons. The number of ether oxygens (including phenoxy) is 1. The first-order chi connectivity index (χ1) is 8.83. The third-order valence-corrected chi connectivity index (χ3v) is 4.10. The van der Waals surface area contributed by atoms with Crippen LogP contribution >= 0.6 is 0 Å². The molecule has 1 saturated carbocycles. The average molecular weight is 251 g/mol. The molecule has 0 aromatic carbocycles. The fourth-order valence-corrected chi connectivity index (χ4v) is 2.89. The largest absolute Gasteiger partial charge is 0.381 e. The second-order valence-electron chi connectivity index (χ2n) is 5.52. The molecule has 1 aliphatic heterocycles. The van der Waals surface area contributed by atoms with Gasteiger partial charge in [0.25, 0.3) is 0 Å². The first-order valence-corrected chi connectivity index (χ1v) is 7.00. The number of nitrogens with two attached hydrogens (primary N) is 1. The van der Waals surface area contributed by atoms with Crippen LogP contribution in [-0.4, -0.2) is 29.4 Å². The lowest BCUT2D eigenvalue weighted by molar-refractivity contribution is 0.0773. The van der Waals surface area contributed by atoms with Crippen molar-refractivity contribution in [2.45, 2.75) is 56.4 Å². The smallest absolute Gasteiger partial charge is 0.229 e. The molecule has 1 unspecified atom stereocenters. The molecule has 5 heteroatoms. The van der Waals surface area contributed by atoms with Gasteiger partial charge in [0, 0.05) is 24.5 Å².